The third kappa shape index (κ3) is 3.16. The van der Waals surface area contributed by atoms with Crippen molar-refractivity contribution in [3.05, 3.63) is 51.7 Å². The Morgan fingerprint density at radius 1 is 1.25 bits per heavy atom. The molecule has 2 N–H and O–H groups in total. The Morgan fingerprint density at radius 2 is 2.00 bits per heavy atom. The fourth-order valence-corrected chi connectivity index (χ4v) is 2.87. The van der Waals surface area contributed by atoms with E-state index in [9.17, 15) is 8.78 Å². The zero-order valence-corrected chi connectivity index (χ0v) is 12.2. The Hall–Kier alpha value is -1.46. The first-order valence-electron chi connectivity index (χ1n) is 6.45. The second-order valence-corrected chi connectivity index (χ2v) is 5.93. The summed E-state index contributed by atoms with van der Waals surface area (Å²) >= 11 is 1.55. The number of nitrogens with two attached hydrogens (primary N) is 1. The second kappa shape index (κ2) is 6.33. The summed E-state index contributed by atoms with van der Waals surface area (Å²) in [4.78, 5) is 2.04. The van der Waals surface area contributed by atoms with Crippen molar-refractivity contribution in [3.63, 3.8) is 0 Å². The summed E-state index contributed by atoms with van der Waals surface area (Å²) in [6.07, 6.45) is 0.202. The molecular weight excluding hydrogens is 280 g/mol. The van der Waals surface area contributed by atoms with Crippen LogP contribution < -0.4 is 10.5 Å². The number of thiophene rings is 1. The van der Waals surface area contributed by atoms with Crippen molar-refractivity contribution in [2.45, 2.75) is 32.4 Å². The maximum Gasteiger partial charge on any atom is 0.200 e. The minimum Gasteiger partial charge on any atom is -0.480 e. The maximum atomic E-state index is 13.7. The molecule has 0 aliphatic rings. The number of benzene rings is 1. The van der Waals surface area contributed by atoms with Gasteiger partial charge in [-0.15, -0.1) is 11.3 Å². The van der Waals surface area contributed by atoms with E-state index in [0.29, 0.717) is 6.42 Å². The first-order chi connectivity index (χ1) is 9.52. The van der Waals surface area contributed by atoms with Gasteiger partial charge in [0.2, 0.25) is 5.82 Å². The van der Waals surface area contributed by atoms with Crippen LogP contribution in [0.1, 0.15) is 29.2 Å². The molecule has 1 heterocycles. The van der Waals surface area contributed by atoms with Gasteiger partial charge in [-0.3, -0.25) is 0 Å². The van der Waals surface area contributed by atoms with Crippen molar-refractivity contribution in [3.8, 4) is 5.75 Å². The van der Waals surface area contributed by atoms with Crippen LogP contribution in [0.15, 0.2) is 30.3 Å². The molecule has 2 rings (SSSR count). The standard InChI is InChI=1S/C15H17F2NOS/c1-3-11(18)15(13-8-7-9(2)20-13)19-12-6-4-5-10(16)14(12)17/h4-8,11,15H,3,18H2,1-2H3. The normalized spacial score (nSPS) is 14.1. The highest BCUT2D eigenvalue weighted by Gasteiger charge is 2.24. The van der Waals surface area contributed by atoms with Gasteiger partial charge >= 0.3 is 0 Å². The summed E-state index contributed by atoms with van der Waals surface area (Å²) in [6.45, 7) is 3.91. The van der Waals surface area contributed by atoms with Crippen LogP contribution in [0.4, 0.5) is 8.78 Å². The predicted octanol–water partition coefficient (Wildman–Crippen LogP) is 4.19. The van der Waals surface area contributed by atoms with E-state index >= 15 is 0 Å². The number of ether oxygens (including phenoxy) is 1. The number of hydrogen-bond acceptors (Lipinski definition) is 3. The molecule has 2 unspecified atom stereocenters. The van der Waals surface area contributed by atoms with Crippen molar-refractivity contribution in [1.29, 1.82) is 0 Å². The Kier molecular flexibility index (Phi) is 4.73. The molecule has 0 saturated carbocycles. The van der Waals surface area contributed by atoms with Crippen LogP contribution >= 0.6 is 11.3 Å². The Bertz CT molecular complexity index is 585. The third-order valence-electron chi connectivity index (χ3n) is 3.07. The predicted molar refractivity (Wildman–Crippen MR) is 77.0 cm³/mol. The van der Waals surface area contributed by atoms with Crippen molar-refractivity contribution in [1.82, 2.24) is 0 Å². The molecule has 2 nitrogen and oxygen atoms in total. The SMILES string of the molecule is CCC(N)C(Oc1cccc(F)c1F)c1ccc(C)s1. The van der Waals surface area contributed by atoms with Crippen molar-refractivity contribution in [2.75, 3.05) is 0 Å². The molecule has 2 atom stereocenters. The van der Waals surface area contributed by atoms with Gasteiger partial charge < -0.3 is 10.5 Å². The highest BCUT2D eigenvalue weighted by molar-refractivity contribution is 7.12. The average Bonchev–Trinajstić information content (AvgIpc) is 2.86. The summed E-state index contributed by atoms with van der Waals surface area (Å²) in [6, 6.07) is 7.48. The molecule has 0 radical (unpaired) electrons. The molecule has 1 aromatic carbocycles. The topological polar surface area (TPSA) is 35.2 Å². The Labute approximate surface area is 121 Å². The van der Waals surface area contributed by atoms with Gasteiger partial charge in [0, 0.05) is 15.8 Å². The zero-order valence-electron chi connectivity index (χ0n) is 11.4. The van der Waals surface area contributed by atoms with Crippen LogP contribution in [0.2, 0.25) is 0 Å². The highest BCUT2D eigenvalue weighted by atomic mass is 32.1. The lowest BCUT2D eigenvalue weighted by Crippen LogP contribution is -2.31. The van der Waals surface area contributed by atoms with E-state index in [2.05, 4.69) is 0 Å². The molecule has 0 bridgehead atoms. The van der Waals surface area contributed by atoms with Gasteiger partial charge in [-0.25, -0.2) is 4.39 Å². The van der Waals surface area contributed by atoms with Crippen molar-refractivity contribution >= 4 is 11.3 Å². The fraction of sp³-hybridized carbons (Fsp3) is 0.333. The summed E-state index contributed by atoms with van der Waals surface area (Å²) in [5, 5.41) is 0. The quantitative estimate of drug-likeness (QED) is 0.898. The van der Waals surface area contributed by atoms with Gasteiger partial charge in [-0.1, -0.05) is 13.0 Å². The van der Waals surface area contributed by atoms with Crippen LogP contribution in [-0.4, -0.2) is 6.04 Å². The molecule has 108 valence electrons. The van der Waals surface area contributed by atoms with Crippen LogP contribution in [-0.2, 0) is 0 Å². The van der Waals surface area contributed by atoms with E-state index in [1.807, 2.05) is 26.0 Å². The molecule has 0 fully saturated rings. The molecule has 0 amide bonds. The van der Waals surface area contributed by atoms with Crippen molar-refractivity contribution in [2.24, 2.45) is 5.73 Å². The number of rotatable bonds is 5. The van der Waals surface area contributed by atoms with E-state index in [0.717, 1.165) is 15.8 Å². The van der Waals surface area contributed by atoms with Crippen LogP contribution in [0, 0.1) is 18.6 Å². The van der Waals surface area contributed by atoms with Crippen LogP contribution in [0.3, 0.4) is 0 Å². The number of aryl methyl sites for hydroxylation is 1. The lowest BCUT2D eigenvalue weighted by atomic mass is 10.1. The number of hydrogen-bond donors (Lipinski definition) is 1. The van der Waals surface area contributed by atoms with Crippen LogP contribution in [0.25, 0.3) is 0 Å². The largest absolute Gasteiger partial charge is 0.480 e. The first-order valence-corrected chi connectivity index (χ1v) is 7.27. The Morgan fingerprint density at radius 3 is 2.60 bits per heavy atom. The Balaban J connectivity index is 2.31. The fourth-order valence-electron chi connectivity index (χ4n) is 1.89. The van der Waals surface area contributed by atoms with Gasteiger partial charge in [0.15, 0.2) is 11.6 Å². The van der Waals surface area contributed by atoms with Gasteiger partial charge in [-0.2, -0.15) is 4.39 Å². The minimum absolute atomic E-state index is 0.107. The molecule has 0 aliphatic carbocycles. The molecule has 0 saturated heterocycles. The lowest BCUT2D eigenvalue weighted by Gasteiger charge is -2.23. The minimum atomic E-state index is -0.978. The van der Waals surface area contributed by atoms with Crippen molar-refractivity contribution < 1.29 is 13.5 Å². The van der Waals surface area contributed by atoms with Gasteiger partial charge in [-0.05, 0) is 37.6 Å². The number of halogens is 2. The van der Waals surface area contributed by atoms with Gasteiger partial charge in [0.25, 0.3) is 0 Å². The average molecular weight is 297 g/mol. The smallest absolute Gasteiger partial charge is 0.200 e. The molecular formula is C15H17F2NOS. The highest BCUT2D eigenvalue weighted by Crippen LogP contribution is 2.32. The lowest BCUT2D eigenvalue weighted by molar-refractivity contribution is 0.165. The molecule has 2 aromatic rings. The maximum absolute atomic E-state index is 13.7. The van der Waals surface area contributed by atoms with E-state index in [1.165, 1.54) is 12.1 Å². The summed E-state index contributed by atoms with van der Waals surface area (Å²) < 4.78 is 32.6. The molecule has 5 heteroatoms. The molecule has 0 spiro atoms. The van der Waals surface area contributed by atoms with Crippen LogP contribution in [0.5, 0.6) is 5.75 Å². The van der Waals surface area contributed by atoms with E-state index in [-0.39, 0.29) is 11.8 Å². The second-order valence-electron chi connectivity index (χ2n) is 4.61. The van der Waals surface area contributed by atoms with Gasteiger partial charge in [0.05, 0.1) is 0 Å². The molecule has 0 aliphatic heterocycles. The third-order valence-corrected chi connectivity index (χ3v) is 4.13. The monoisotopic (exact) mass is 297 g/mol. The summed E-state index contributed by atoms with van der Waals surface area (Å²) in [5.41, 5.74) is 6.06. The van der Waals surface area contributed by atoms with E-state index in [1.54, 1.807) is 11.3 Å². The molecule has 1 aromatic heterocycles. The van der Waals surface area contributed by atoms with E-state index < -0.39 is 17.7 Å². The van der Waals surface area contributed by atoms with Gasteiger partial charge in [0.1, 0.15) is 6.10 Å². The summed E-state index contributed by atoms with van der Waals surface area (Å²) in [5.74, 6) is -2.01. The molecule has 20 heavy (non-hydrogen) atoms. The zero-order chi connectivity index (χ0) is 14.7. The van der Waals surface area contributed by atoms with E-state index in [4.69, 9.17) is 10.5 Å². The summed E-state index contributed by atoms with van der Waals surface area (Å²) in [7, 11) is 0. The first kappa shape index (κ1) is 14.9.